The van der Waals surface area contributed by atoms with Gasteiger partial charge >= 0.3 is 0 Å². The maximum atomic E-state index is 12.8. The molecule has 2 amide bonds. The minimum atomic E-state index is -0.400. The largest absolute Gasteiger partial charge is 0.490 e. The standard InChI is InChI=1S/C21H15ClINO4S/c1-3-8-28-19-16(23)9-13(10-17(19)27-4-2)11-18-20(25)24(21(26)29-18)15-7-5-6-14(22)12-15/h1,5-7,9-12H,4,8H2,2H3/b18-11+. The summed E-state index contributed by atoms with van der Waals surface area (Å²) >= 11 is 8.98. The number of thioether (sulfide) groups is 1. The monoisotopic (exact) mass is 539 g/mol. The van der Waals surface area contributed by atoms with Crippen molar-refractivity contribution in [1.82, 2.24) is 0 Å². The predicted molar refractivity (Wildman–Crippen MR) is 125 cm³/mol. The Labute approximate surface area is 191 Å². The Morgan fingerprint density at radius 1 is 1.28 bits per heavy atom. The number of imide groups is 1. The van der Waals surface area contributed by atoms with Crippen LogP contribution in [0.1, 0.15) is 12.5 Å². The van der Waals surface area contributed by atoms with Crippen molar-refractivity contribution in [1.29, 1.82) is 0 Å². The topological polar surface area (TPSA) is 55.8 Å². The Balaban J connectivity index is 1.95. The van der Waals surface area contributed by atoms with Gasteiger partial charge in [-0.15, -0.1) is 6.42 Å². The molecule has 0 radical (unpaired) electrons. The SMILES string of the molecule is C#CCOc1c(I)cc(/C=C2/SC(=O)N(c3cccc(Cl)c3)C2=O)cc1OCC. The average molecular weight is 540 g/mol. The molecule has 2 aromatic rings. The third kappa shape index (κ3) is 4.89. The molecule has 5 nitrogen and oxygen atoms in total. The molecule has 0 saturated carbocycles. The van der Waals surface area contributed by atoms with Gasteiger partial charge in [-0.2, -0.15) is 0 Å². The van der Waals surface area contributed by atoms with E-state index in [1.54, 1.807) is 36.4 Å². The van der Waals surface area contributed by atoms with Crippen LogP contribution >= 0.6 is 46.0 Å². The fourth-order valence-corrected chi connectivity index (χ4v) is 4.45. The molecular formula is C21H15ClINO4S. The second kappa shape index (κ2) is 9.57. The van der Waals surface area contributed by atoms with Crippen molar-refractivity contribution in [2.75, 3.05) is 18.1 Å². The van der Waals surface area contributed by atoms with E-state index >= 15 is 0 Å². The number of carbonyl (C=O) groups is 2. The number of rotatable bonds is 6. The van der Waals surface area contributed by atoms with Crippen molar-refractivity contribution >= 4 is 68.9 Å². The minimum Gasteiger partial charge on any atom is -0.490 e. The summed E-state index contributed by atoms with van der Waals surface area (Å²) in [4.78, 5) is 26.7. The third-order valence-electron chi connectivity index (χ3n) is 3.79. The van der Waals surface area contributed by atoms with E-state index in [0.29, 0.717) is 39.3 Å². The van der Waals surface area contributed by atoms with Crippen LogP contribution in [-0.4, -0.2) is 24.4 Å². The first-order valence-electron chi connectivity index (χ1n) is 8.50. The molecule has 0 bridgehead atoms. The van der Waals surface area contributed by atoms with Crippen LogP contribution in [0.4, 0.5) is 10.5 Å². The van der Waals surface area contributed by atoms with E-state index in [1.807, 2.05) is 13.0 Å². The lowest BCUT2D eigenvalue weighted by Crippen LogP contribution is -2.27. The van der Waals surface area contributed by atoms with E-state index < -0.39 is 5.91 Å². The van der Waals surface area contributed by atoms with Crippen LogP contribution in [0.5, 0.6) is 11.5 Å². The molecule has 0 unspecified atom stereocenters. The van der Waals surface area contributed by atoms with Crippen LogP contribution in [0.15, 0.2) is 41.3 Å². The molecule has 1 aliphatic rings. The molecule has 0 atom stereocenters. The number of amides is 2. The molecular weight excluding hydrogens is 525 g/mol. The van der Waals surface area contributed by atoms with Gasteiger partial charge in [0.2, 0.25) is 0 Å². The van der Waals surface area contributed by atoms with Gasteiger partial charge in [-0.1, -0.05) is 23.6 Å². The normalized spacial score (nSPS) is 15.0. The van der Waals surface area contributed by atoms with Crippen LogP contribution in [0.25, 0.3) is 6.08 Å². The summed E-state index contributed by atoms with van der Waals surface area (Å²) in [7, 11) is 0. The predicted octanol–water partition coefficient (Wildman–Crippen LogP) is 5.60. The summed E-state index contributed by atoms with van der Waals surface area (Å²) in [5, 5.41) is 0.0706. The fourth-order valence-electron chi connectivity index (χ4n) is 2.65. The molecule has 0 N–H and O–H groups in total. The summed E-state index contributed by atoms with van der Waals surface area (Å²) in [6.07, 6.45) is 6.93. The number of hydrogen-bond donors (Lipinski definition) is 0. The van der Waals surface area contributed by atoms with Crippen molar-refractivity contribution in [2.24, 2.45) is 0 Å². The lowest BCUT2D eigenvalue weighted by atomic mass is 10.1. The van der Waals surface area contributed by atoms with Crippen molar-refractivity contribution in [3.05, 3.63) is 55.5 Å². The Kier molecular flexibility index (Phi) is 7.11. The van der Waals surface area contributed by atoms with Crippen LogP contribution in [-0.2, 0) is 4.79 Å². The van der Waals surface area contributed by atoms with Crippen molar-refractivity contribution in [2.45, 2.75) is 6.92 Å². The number of terminal acetylenes is 1. The van der Waals surface area contributed by atoms with Gasteiger partial charge in [0, 0.05) is 5.02 Å². The van der Waals surface area contributed by atoms with Gasteiger partial charge in [0.1, 0.15) is 6.61 Å². The number of nitrogens with zero attached hydrogens (tertiary/aromatic N) is 1. The second-order valence-electron chi connectivity index (χ2n) is 5.75. The van der Waals surface area contributed by atoms with E-state index in [9.17, 15) is 9.59 Å². The smallest absolute Gasteiger partial charge is 0.298 e. The number of benzene rings is 2. The van der Waals surface area contributed by atoms with Crippen LogP contribution < -0.4 is 14.4 Å². The highest BCUT2D eigenvalue weighted by molar-refractivity contribution is 14.1. The zero-order valence-corrected chi connectivity index (χ0v) is 19.0. The molecule has 29 heavy (non-hydrogen) atoms. The molecule has 0 aromatic heterocycles. The quantitative estimate of drug-likeness (QED) is 0.272. The van der Waals surface area contributed by atoms with Crippen molar-refractivity contribution in [3.63, 3.8) is 0 Å². The van der Waals surface area contributed by atoms with Gasteiger partial charge in [-0.05, 0) is 83.2 Å². The second-order valence-corrected chi connectivity index (χ2v) is 8.34. The van der Waals surface area contributed by atoms with E-state index in [-0.39, 0.29) is 11.8 Å². The summed E-state index contributed by atoms with van der Waals surface area (Å²) < 4.78 is 12.0. The maximum absolute atomic E-state index is 12.8. The number of halogens is 2. The average Bonchev–Trinajstić information content (AvgIpc) is 2.94. The Hall–Kier alpha value is -2.15. The molecule has 1 heterocycles. The van der Waals surface area contributed by atoms with Gasteiger partial charge in [-0.25, -0.2) is 4.90 Å². The summed E-state index contributed by atoms with van der Waals surface area (Å²) in [5.41, 5.74) is 1.15. The van der Waals surface area contributed by atoms with Crippen LogP contribution in [0, 0.1) is 15.9 Å². The molecule has 0 spiro atoms. The molecule has 148 valence electrons. The molecule has 8 heteroatoms. The fraction of sp³-hybridized carbons (Fsp3) is 0.143. The summed E-state index contributed by atoms with van der Waals surface area (Å²) in [6.45, 7) is 2.42. The first-order chi connectivity index (χ1) is 13.9. The zero-order valence-electron chi connectivity index (χ0n) is 15.3. The maximum Gasteiger partial charge on any atom is 0.298 e. The molecule has 1 fully saturated rings. The van der Waals surface area contributed by atoms with Gasteiger partial charge in [0.25, 0.3) is 11.1 Å². The number of anilines is 1. The van der Waals surface area contributed by atoms with Crippen LogP contribution in [0.2, 0.25) is 5.02 Å². The third-order valence-corrected chi connectivity index (χ3v) is 5.70. The highest BCUT2D eigenvalue weighted by Crippen LogP contribution is 2.39. The minimum absolute atomic E-state index is 0.119. The van der Waals surface area contributed by atoms with E-state index in [4.69, 9.17) is 27.5 Å². The van der Waals surface area contributed by atoms with E-state index in [2.05, 4.69) is 28.5 Å². The summed E-state index contributed by atoms with van der Waals surface area (Å²) in [5.74, 6) is 3.10. The molecule has 1 saturated heterocycles. The number of hydrogen-bond acceptors (Lipinski definition) is 5. The van der Waals surface area contributed by atoms with Gasteiger partial charge in [-0.3, -0.25) is 9.59 Å². The van der Waals surface area contributed by atoms with Crippen LogP contribution in [0.3, 0.4) is 0 Å². The molecule has 1 aliphatic heterocycles. The first kappa shape index (κ1) is 21.6. The van der Waals surface area contributed by atoms with Gasteiger partial charge < -0.3 is 9.47 Å². The molecule has 0 aliphatic carbocycles. The Morgan fingerprint density at radius 2 is 2.07 bits per heavy atom. The lowest BCUT2D eigenvalue weighted by molar-refractivity contribution is -0.113. The van der Waals surface area contributed by atoms with E-state index in [1.165, 1.54) is 0 Å². The summed E-state index contributed by atoms with van der Waals surface area (Å²) in [6, 6.07) is 10.2. The van der Waals surface area contributed by atoms with Crippen molar-refractivity contribution < 1.29 is 19.1 Å². The highest BCUT2D eigenvalue weighted by Gasteiger charge is 2.36. The molecule has 3 rings (SSSR count). The Bertz CT molecular complexity index is 1050. The highest BCUT2D eigenvalue weighted by atomic mass is 127. The zero-order chi connectivity index (χ0) is 21.0. The van der Waals surface area contributed by atoms with Gasteiger partial charge in [0.15, 0.2) is 11.5 Å². The molecule has 2 aromatic carbocycles. The number of ether oxygens (including phenoxy) is 2. The number of carbonyl (C=O) groups excluding carboxylic acids is 2. The van der Waals surface area contributed by atoms with Crippen molar-refractivity contribution in [3.8, 4) is 23.8 Å². The first-order valence-corrected chi connectivity index (χ1v) is 10.8. The van der Waals surface area contributed by atoms with E-state index in [0.717, 1.165) is 20.2 Å². The Morgan fingerprint density at radius 3 is 2.76 bits per heavy atom. The van der Waals surface area contributed by atoms with Gasteiger partial charge in [0.05, 0.1) is 20.8 Å². The lowest BCUT2D eigenvalue weighted by Gasteiger charge is -2.14.